The molecular formula is C17H18N6O. The fraction of sp³-hybridized carbons (Fsp3) is 0.118. The first-order valence-electron chi connectivity index (χ1n) is 7.39. The third kappa shape index (κ3) is 3.19. The summed E-state index contributed by atoms with van der Waals surface area (Å²) < 4.78 is 1.83. The molecule has 0 spiro atoms. The summed E-state index contributed by atoms with van der Waals surface area (Å²) in [5.41, 5.74) is 7.53. The van der Waals surface area contributed by atoms with E-state index in [1.807, 2.05) is 54.2 Å². The molecule has 3 aromatic heterocycles. The number of hydrogen-bond acceptors (Lipinski definition) is 5. The van der Waals surface area contributed by atoms with Crippen LogP contribution in [0.3, 0.4) is 0 Å². The Labute approximate surface area is 139 Å². The third-order valence-electron chi connectivity index (χ3n) is 3.51. The van der Waals surface area contributed by atoms with Gasteiger partial charge in [0.1, 0.15) is 11.5 Å². The van der Waals surface area contributed by atoms with E-state index in [0.717, 1.165) is 5.69 Å². The van der Waals surface area contributed by atoms with Gasteiger partial charge >= 0.3 is 0 Å². The predicted molar refractivity (Wildman–Crippen MR) is 94.5 cm³/mol. The summed E-state index contributed by atoms with van der Waals surface area (Å²) >= 11 is 0. The number of aromatic nitrogens is 3. The Hall–Kier alpha value is -3.35. The van der Waals surface area contributed by atoms with Crippen molar-refractivity contribution in [3.63, 3.8) is 0 Å². The molecular weight excluding hydrogens is 304 g/mol. The smallest absolute Gasteiger partial charge is 0.275 e. The zero-order valence-electron chi connectivity index (χ0n) is 13.5. The second-order valence-electron chi connectivity index (χ2n) is 5.45. The van der Waals surface area contributed by atoms with Crippen LogP contribution in [0.1, 0.15) is 10.5 Å². The molecule has 0 radical (unpaired) electrons. The number of pyridine rings is 2. The quantitative estimate of drug-likeness (QED) is 0.768. The van der Waals surface area contributed by atoms with Crippen LogP contribution in [0.4, 0.5) is 17.2 Å². The molecule has 24 heavy (non-hydrogen) atoms. The van der Waals surface area contributed by atoms with Crippen LogP contribution in [0.2, 0.25) is 0 Å². The van der Waals surface area contributed by atoms with E-state index in [2.05, 4.69) is 15.3 Å². The molecule has 122 valence electrons. The van der Waals surface area contributed by atoms with E-state index in [1.165, 1.54) is 0 Å². The number of anilines is 3. The Morgan fingerprint density at radius 1 is 1.17 bits per heavy atom. The molecule has 0 saturated carbocycles. The van der Waals surface area contributed by atoms with Gasteiger partial charge in [-0.1, -0.05) is 0 Å². The lowest BCUT2D eigenvalue weighted by molar-refractivity contribution is 0.102. The fourth-order valence-corrected chi connectivity index (χ4v) is 2.15. The lowest BCUT2D eigenvalue weighted by Gasteiger charge is -2.12. The highest BCUT2D eigenvalue weighted by Crippen LogP contribution is 2.19. The van der Waals surface area contributed by atoms with Crippen molar-refractivity contribution in [2.24, 2.45) is 0 Å². The maximum atomic E-state index is 12.4. The van der Waals surface area contributed by atoms with Gasteiger partial charge in [-0.3, -0.25) is 4.79 Å². The number of amides is 1. The number of rotatable bonds is 4. The van der Waals surface area contributed by atoms with Gasteiger partial charge in [0.2, 0.25) is 0 Å². The first-order valence-corrected chi connectivity index (χ1v) is 7.39. The SMILES string of the molecule is CN(C)c1ccc(C(=O)Nc2nc(-n3cccc3)ccc2N)nc1. The second-order valence-corrected chi connectivity index (χ2v) is 5.45. The average molecular weight is 322 g/mol. The van der Waals surface area contributed by atoms with E-state index in [1.54, 1.807) is 24.4 Å². The first kappa shape index (κ1) is 15.5. The van der Waals surface area contributed by atoms with E-state index in [9.17, 15) is 4.79 Å². The molecule has 0 unspecified atom stereocenters. The molecule has 0 saturated heterocycles. The van der Waals surface area contributed by atoms with Gasteiger partial charge in [-0.25, -0.2) is 9.97 Å². The summed E-state index contributed by atoms with van der Waals surface area (Å²) in [6, 6.07) is 10.8. The van der Waals surface area contributed by atoms with E-state index >= 15 is 0 Å². The summed E-state index contributed by atoms with van der Waals surface area (Å²) in [7, 11) is 3.82. The van der Waals surface area contributed by atoms with E-state index < -0.39 is 0 Å². The van der Waals surface area contributed by atoms with Crippen LogP contribution in [0.5, 0.6) is 0 Å². The molecule has 3 aromatic rings. The maximum absolute atomic E-state index is 12.4. The van der Waals surface area contributed by atoms with Gasteiger partial charge in [0.25, 0.3) is 5.91 Å². The molecule has 0 fully saturated rings. The molecule has 3 N–H and O–H groups in total. The Morgan fingerprint density at radius 3 is 2.54 bits per heavy atom. The van der Waals surface area contributed by atoms with Crippen LogP contribution in [0.15, 0.2) is 55.0 Å². The molecule has 0 bridgehead atoms. The standard InChI is InChI=1S/C17H18N6O/c1-22(2)12-5-7-14(19-11-12)17(24)21-16-13(18)6-8-15(20-16)23-9-3-4-10-23/h3-11H,18H2,1-2H3,(H,20,21,24). The highest BCUT2D eigenvalue weighted by Gasteiger charge is 2.12. The summed E-state index contributed by atoms with van der Waals surface area (Å²) in [5, 5.41) is 2.71. The van der Waals surface area contributed by atoms with Crippen LogP contribution >= 0.6 is 0 Å². The zero-order chi connectivity index (χ0) is 17.1. The summed E-state index contributed by atoms with van der Waals surface area (Å²) in [6.07, 6.45) is 5.37. The fourth-order valence-electron chi connectivity index (χ4n) is 2.15. The summed E-state index contributed by atoms with van der Waals surface area (Å²) in [5.74, 6) is 0.620. The summed E-state index contributed by atoms with van der Waals surface area (Å²) in [4.78, 5) is 22.8. The highest BCUT2D eigenvalue weighted by molar-refractivity contribution is 6.03. The number of carbonyl (C=O) groups is 1. The Kier molecular flexibility index (Phi) is 4.15. The van der Waals surface area contributed by atoms with Gasteiger partial charge < -0.3 is 20.5 Å². The lowest BCUT2D eigenvalue weighted by Crippen LogP contribution is -2.17. The van der Waals surface area contributed by atoms with Crippen molar-refractivity contribution in [3.8, 4) is 5.82 Å². The molecule has 0 aromatic carbocycles. The first-order chi connectivity index (χ1) is 11.5. The molecule has 7 nitrogen and oxygen atoms in total. The minimum absolute atomic E-state index is 0.299. The van der Waals surface area contributed by atoms with Crippen molar-refractivity contribution >= 4 is 23.1 Å². The van der Waals surface area contributed by atoms with Crippen LogP contribution in [0, 0.1) is 0 Å². The van der Waals surface area contributed by atoms with Crippen LogP contribution in [0.25, 0.3) is 5.82 Å². The zero-order valence-corrected chi connectivity index (χ0v) is 13.5. The minimum Gasteiger partial charge on any atom is -0.396 e. The molecule has 0 aliphatic carbocycles. The van der Waals surface area contributed by atoms with E-state index in [4.69, 9.17) is 5.73 Å². The van der Waals surface area contributed by atoms with Gasteiger partial charge in [0, 0.05) is 26.5 Å². The molecule has 0 aliphatic rings. The van der Waals surface area contributed by atoms with Crippen molar-refractivity contribution < 1.29 is 4.79 Å². The van der Waals surface area contributed by atoms with Gasteiger partial charge in [-0.2, -0.15) is 0 Å². The second kappa shape index (κ2) is 6.41. The van der Waals surface area contributed by atoms with E-state index in [0.29, 0.717) is 23.0 Å². The number of nitrogen functional groups attached to an aromatic ring is 1. The van der Waals surface area contributed by atoms with Gasteiger partial charge in [0.15, 0.2) is 5.82 Å². The third-order valence-corrected chi connectivity index (χ3v) is 3.51. The maximum Gasteiger partial charge on any atom is 0.275 e. The van der Waals surface area contributed by atoms with Gasteiger partial charge in [-0.15, -0.1) is 0 Å². The number of carbonyl (C=O) groups excluding carboxylic acids is 1. The van der Waals surface area contributed by atoms with Crippen molar-refractivity contribution in [2.45, 2.75) is 0 Å². The van der Waals surface area contributed by atoms with Gasteiger partial charge in [-0.05, 0) is 36.4 Å². The van der Waals surface area contributed by atoms with Gasteiger partial charge in [0.05, 0.1) is 17.6 Å². The number of nitrogens with zero attached hydrogens (tertiary/aromatic N) is 4. The van der Waals surface area contributed by atoms with Crippen LogP contribution < -0.4 is 16.0 Å². The number of nitrogens with two attached hydrogens (primary N) is 1. The van der Waals surface area contributed by atoms with Crippen LogP contribution in [-0.4, -0.2) is 34.5 Å². The van der Waals surface area contributed by atoms with Crippen LogP contribution in [-0.2, 0) is 0 Å². The van der Waals surface area contributed by atoms with Crippen molar-refractivity contribution in [1.82, 2.24) is 14.5 Å². The molecule has 0 atom stereocenters. The summed E-state index contributed by atoms with van der Waals surface area (Å²) in [6.45, 7) is 0. The predicted octanol–water partition coefficient (Wildman–Crippen LogP) is 2.17. The molecule has 7 heteroatoms. The Bertz CT molecular complexity index is 840. The number of nitrogens with one attached hydrogen (secondary N) is 1. The van der Waals surface area contributed by atoms with Crippen molar-refractivity contribution in [3.05, 3.63) is 60.7 Å². The highest BCUT2D eigenvalue weighted by atomic mass is 16.1. The monoisotopic (exact) mass is 322 g/mol. The molecule has 1 amide bonds. The molecule has 0 aliphatic heterocycles. The molecule has 3 heterocycles. The van der Waals surface area contributed by atoms with Crippen molar-refractivity contribution in [2.75, 3.05) is 30.0 Å². The largest absolute Gasteiger partial charge is 0.396 e. The minimum atomic E-state index is -0.357. The Balaban J connectivity index is 1.82. The number of hydrogen-bond donors (Lipinski definition) is 2. The topological polar surface area (TPSA) is 89.1 Å². The van der Waals surface area contributed by atoms with Crippen molar-refractivity contribution in [1.29, 1.82) is 0 Å². The Morgan fingerprint density at radius 2 is 1.92 bits per heavy atom. The normalized spacial score (nSPS) is 10.4. The molecule has 3 rings (SSSR count). The lowest BCUT2D eigenvalue weighted by atomic mass is 10.3. The average Bonchev–Trinajstić information content (AvgIpc) is 3.11. The van der Waals surface area contributed by atoms with E-state index in [-0.39, 0.29) is 5.91 Å².